The lowest BCUT2D eigenvalue weighted by atomic mass is 10.0. The van der Waals surface area contributed by atoms with Crippen LogP contribution >= 0.6 is 25.8 Å². The molecule has 4 aromatic heterocycles. The van der Waals surface area contributed by atoms with Crippen LogP contribution in [-0.2, 0) is 88.8 Å². The van der Waals surface area contributed by atoms with Crippen molar-refractivity contribution in [2.24, 2.45) is 11.7 Å². The molecule has 0 radical (unpaired) electrons. The zero-order valence-corrected chi connectivity index (χ0v) is 52.1. The van der Waals surface area contributed by atoms with E-state index >= 15 is 4.39 Å². The molecule has 3 saturated heterocycles. The predicted molar refractivity (Wildman–Crippen MR) is 320 cm³/mol. The maximum atomic E-state index is 16.5. The van der Waals surface area contributed by atoms with Crippen LogP contribution in [0.5, 0.6) is 0 Å². The molecule has 11 N–H and O–H groups in total. The summed E-state index contributed by atoms with van der Waals surface area (Å²) in [4.78, 5) is 141. The summed E-state index contributed by atoms with van der Waals surface area (Å²) in [5.41, 5.74) is 18.5. The predicted octanol–water partition coefficient (Wildman–Crippen LogP) is 1.32. The van der Waals surface area contributed by atoms with Crippen molar-refractivity contribution in [2.75, 3.05) is 56.7 Å². The van der Waals surface area contributed by atoms with Gasteiger partial charge in [-0.2, -0.15) is 0 Å². The van der Waals surface area contributed by atoms with Gasteiger partial charge in [0.05, 0.1) is 25.9 Å². The van der Waals surface area contributed by atoms with Crippen molar-refractivity contribution in [2.45, 2.75) is 114 Å². The first-order chi connectivity index (χ1) is 43.3. The van der Waals surface area contributed by atoms with E-state index in [2.05, 4.69) is 63.4 Å². The molecule has 5 aromatic rings. The molecule has 3 fully saturated rings. The van der Waals surface area contributed by atoms with Gasteiger partial charge in [0.1, 0.15) is 66.8 Å². The quantitative estimate of drug-likeness (QED) is 0.0155. The van der Waals surface area contributed by atoms with Gasteiger partial charge in [-0.05, 0) is 54.7 Å². The standard InChI is InChI=1S/C51H64FN17O18P2S2/c1-25(2)36(65-31(70)14-17-67-32(71)12-13-33(67)72)47(75)64-28(6-4-15-56-50(55)76)46(74)63-27-10-8-26(9-11-27)18-80-51(77)66(3)16-5-7-34(73)85-41-40-30(84-49(41)69-24-62-38-43(54)58-22-60-45(38)69)20-82-88(78,90)86-39-29(19-81-89(79,91)87-40)83-48(35(39)52)68-23-61-37-42(53)57-21-59-44(37)68/h8-13,21-25,28-30,35-36,39-41,48-49H,4-7,14-20H2,1-3H3,(H,63,74)(H,64,75)(H,65,70)(H,78,90)(H,79,91)(H2,53,57,59)(H2,54,58,60)(H3,55,56,76)/t28-,29+,30+,35+,36-,39+,40+,41+,48+,49+,88?,89?/m0/s1. The highest BCUT2D eigenvalue weighted by atomic mass is 32.7. The van der Waals surface area contributed by atoms with Crippen LogP contribution in [0.15, 0.2) is 61.7 Å². The molecule has 1 aromatic carbocycles. The van der Waals surface area contributed by atoms with Crippen LogP contribution in [0.2, 0.25) is 0 Å². The third-order valence-corrected chi connectivity index (χ3v) is 17.7. The fourth-order valence-corrected chi connectivity index (χ4v) is 12.9. The topological polar surface area (TPSA) is 468 Å². The van der Waals surface area contributed by atoms with Gasteiger partial charge in [0.2, 0.25) is 17.7 Å². The van der Waals surface area contributed by atoms with E-state index in [0.29, 0.717) is 11.3 Å². The number of nitrogens with two attached hydrogens (primary N) is 3. The van der Waals surface area contributed by atoms with Crippen molar-refractivity contribution >= 4 is 125 Å². The fourth-order valence-electron chi connectivity index (χ4n) is 9.94. The van der Waals surface area contributed by atoms with Gasteiger partial charge in [-0.25, -0.2) is 48.4 Å². The first-order valence-corrected chi connectivity index (χ1v) is 33.3. The summed E-state index contributed by atoms with van der Waals surface area (Å²) in [6.45, 7) is -7.51. The minimum Gasteiger partial charge on any atom is -0.455 e. The molecule has 490 valence electrons. The zero-order valence-electron chi connectivity index (χ0n) is 48.6. The average molecular weight is 1350 g/mol. The molecule has 0 bridgehead atoms. The molecule has 4 aliphatic rings. The largest absolute Gasteiger partial charge is 0.455 e. The van der Waals surface area contributed by atoms with E-state index in [1.807, 2.05) is 0 Å². The van der Waals surface area contributed by atoms with Gasteiger partial charge < -0.3 is 71.7 Å². The van der Waals surface area contributed by atoms with Crippen LogP contribution in [0.4, 0.5) is 31.3 Å². The van der Waals surface area contributed by atoms with Crippen LogP contribution in [-0.4, -0.2) is 190 Å². The number of hydrogen-bond donors (Lipinski definition) is 9. The lowest BCUT2D eigenvalue weighted by Gasteiger charge is -2.30. The van der Waals surface area contributed by atoms with Crippen LogP contribution in [0.1, 0.15) is 64.0 Å². The van der Waals surface area contributed by atoms with E-state index in [4.69, 9.17) is 66.1 Å². The number of nitrogens with zero attached hydrogens (tertiary/aromatic N) is 10. The normalized spacial score (nSPS) is 25.6. The first kappa shape index (κ1) is 67.5. The van der Waals surface area contributed by atoms with E-state index < -0.39 is 142 Å². The Bertz CT molecular complexity index is 3690. The third kappa shape index (κ3) is 16.6. The number of ether oxygens (including phenoxy) is 4. The van der Waals surface area contributed by atoms with E-state index in [0.717, 1.165) is 29.7 Å². The maximum Gasteiger partial charge on any atom is 0.409 e. The number of hydrogen-bond acceptors (Lipinski definition) is 26. The number of esters is 1. The summed E-state index contributed by atoms with van der Waals surface area (Å²) in [5, 5.41) is 10.4. The molecule has 9 rings (SSSR count). The minimum atomic E-state index is -4.58. The Morgan fingerprint density at radius 3 is 2.10 bits per heavy atom. The van der Waals surface area contributed by atoms with Gasteiger partial charge in [0.25, 0.3) is 11.8 Å². The highest BCUT2D eigenvalue weighted by Gasteiger charge is 2.55. The second-order valence-corrected chi connectivity index (χ2v) is 27.0. The number of carbonyl (C=O) groups is 8. The number of carbonyl (C=O) groups excluding carboxylic acids is 8. The Balaban J connectivity index is 0.797. The molecule has 0 spiro atoms. The number of urea groups is 1. The molecular formula is C51H64FN17O18P2S2. The maximum absolute atomic E-state index is 16.5. The molecule has 8 heterocycles. The Labute approximate surface area is 526 Å². The summed E-state index contributed by atoms with van der Waals surface area (Å²) in [7, 11) is 1.43. The monoisotopic (exact) mass is 1350 g/mol. The molecule has 0 aliphatic carbocycles. The smallest absolute Gasteiger partial charge is 0.409 e. The van der Waals surface area contributed by atoms with Gasteiger partial charge >= 0.3 is 31.6 Å². The number of nitrogens with one attached hydrogen (secondary N) is 4. The van der Waals surface area contributed by atoms with Gasteiger partial charge in [0, 0.05) is 57.4 Å². The first-order valence-electron chi connectivity index (χ1n) is 28.0. The Kier molecular flexibility index (Phi) is 21.6. The Morgan fingerprint density at radius 2 is 1.46 bits per heavy atom. The molecule has 4 aliphatic heterocycles. The molecule has 12 atom stereocenters. The van der Waals surface area contributed by atoms with E-state index in [1.54, 1.807) is 26.0 Å². The number of halogens is 1. The van der Waals surface area contributed by atoms with E-state index in [9.17, 15) is 47.8 Å². The van der Waals surface area contributed by atoms with Crippen molar-refractivity contribution in [1.29, 1.82) is 0 Å². The Morgan fingerprint density at radius 1 is 0.846 bits per heavy atom. The molecule has 40 heteroatoms. The zero-order chi connectivity index (χ0) is 65.5. The number of imide groups is 1. The average Bonchev–Trinajstić information content (AvgIpc) is 2.26. The number of primary amides is 1. The molecule has 2 unspecified atom stereocenters. The second-order valence-electron chi connectivity index (χ2n) is 21.3. The number of anilines is 3. The summed E-state index contributed by atoms with van der Waals surface area (Å²) in [6.07, 6.45) is -6.89. The number of rotatable bonds is 22. The number of benzene rings is 1. The SMILES string of the molecule is CC(C)[C@H](NC(=O)CCN1C(=O)C=CC1=O)C(=O)N[C@@H](CCCNC(N)=O)C(=O)Nc1ccc(COC(=O)N(C)CCCC(=O)O[C@@H]2[C@@H]3OP(O)(=S)OC[C@H]4O[C@@H](n5cnc6c(N)ncnc65)[C@H](F)[C@@H]4OP(=O)(S)OC[C@H]3O[C@H]2n2cnc3c(N)ncnc32)cc1. The number of imidazole rings is 2. The minimum absolute atomic E-state index is 0.00677. The molecule has 8 amide bonds. The van der Waals surface area contributed by atoms with Crippen LogP contribution < -0.4 is 38.5 Å². The summed E-state index contributed by atoms with van der Waals surface area (Å²) < 4.78 is 80.1. The second kappa shape index (κ2) is 29.2. The van der Waals surface area contributed by atoms with E-state index in [1.165, 1.54) is 45.9 Å². The number of alkyl halides is 1. The Hall–Kier alpha value is -7.90. The van der Waals surface area contributed by atoms with Crippen molar-refractivity contribution in [3.05, 3.63) is 67.3 Å². The van der Waals surface area contributed by atoms with Crippen LogP contribution in [0.3, 0.4) is 0 Å². The molecule has 0 saturated carbocycles. The highest BCUT2D eigenvalue weighted by Crippen LogP contribution is 2.59. The van der Waals surface area contributed by atoms with Crippen molar-refractivity contribution in [3.8, 4) is 0 Å². The summed E-state index contributed by atoms with van der Waals surface area (Å²) in [5.74, 6) is -4.40. The van der Waals surface area contributed by atoms with Crippen LogP contribution in [0, 0.1) is 5.92 Å². The van der Waals surface area contributed by atoms with Crippen molar-refractivity contribution in [3.63, 3.8) is 0 Å². The number of nitrogen functional groups attached to an aromatic ring is 2. The fraction of sp³-hybridized carbons (Fsp3) is 0.490. The van der Waals surface area contributed by atoms with Gasteiger partial charge in [-0.1, -0.05) is 38.2 Å². The summed E-state index contributed by atoms with van der Waals surface area (Å²) >= 11 is 9.60. The number of aromatic nitrogens is 8. The van der Waals surface area contributed by atoms with E-state index in [-0.39, 0.29) is 92.3 Å². The number of thiol groups is 1. The number of fused-ring (bicyclic) bond motifs is 4. The van der Waals surface area contributed by atoms with Crippen LogP contribution in [0.25, 0.3) is 22.3 Å². The highest BCUT2D eigenvalue weighted by molar-refractivity contribution is 8.44. The lowest BCUT2D eigenvalue weighted by Crippen LogP contribution is -2.54. The molecular weight excluding hydrogens is 1280 g/mol. The molecule has 35 nitrogen and oxygen atoms in total. The van der Waals surface area contributed by atoms with Crippen molar-refractivity contribution < 1.29 is 89.2 Å². The van der Waals surface area contributed by atoms with Gasteiger partial charge in [-0.3, -0.25) is 56.4 Å². The third-order valence-electron chi connectivity index (χ3n) is 14.6. The van der Waals surface area contributed by atoms with Crippen molar-refractivity contribution in [1.82, 2.24) is 64.8 Å². The van der Waals surface area contributed by atoms with Gasteiger partial charge in [-0.15, -0.1) is 0 Å². The lowest BCUT2D eigenvalue weighted by molar-refractivity contribution is -0.158. The summed E-state index contributed by atoms with van der Waals surface area (Å²) in [6, 6.07) is 3.13. The molecule has 91 heavy (non-hydrogen) atoms. The number of amides is 8. The van der Waals surface area contributed by atoms with Gasteiger partial charge in [0.15, 0.2) is 47.7 Å².